The summed E-state index contributed by atoms with van der Waals surface area (Å²) in [6.45, 7) is 0.520. The van der Waals surface area contributed by atoms with Crippen LogP contribution in [-0.4, -0.2) is 25.7 Å². The van der Waals surface area contributed by atoms with Gasteiger partial charge in [0, 0.05) is 12.6 Å². The van der Waals surface area contributed by atoms with E-state index in [-0.39, 0.29) is 5.75 Å². The summed E-state index contributed by atoms with van der Waals surface area (Å²) >= 11 is 0. The van der Waals surface area contributed by atoms with Gasteiger partial charge >= 0.3 is 0 Å². The minimum absolute atomic E-state index is 0.203. The van der Waals surface area contributed by atoms with Crippen LogP contribution in [0.1, 0.15) is 17.9 Å². The standard InChI is InChI=1S/C18H16N2O3S/c21-24(22)12-4-11-20(24)15-8-9-17-16(13-15)19-18(23-17)10-7-14-5-2-1-3-6-14/h1-3,5-10,13H,4,11-12H2. The molecule has 0 aliphatic carbocycles. The molecule has 0 radical (unpaired) electrons. The molecule has 0 atom stereocenters. The second kappa shape index (κ2) is 5.79. The number of fused-ring (bicyclic) bond motifs is 1. The molecule has 122 valence electrons. The summed E-state index contributed by atoms with van der Waals surface area (Å²) in [6.07, 6.45) is 4.39. The quantitative estimate of drug-likeness (QED) is 0.731. The van der Waals surface area contributed by atoms with Gasteiger partial charge in [0.15, 0.2) is 5.58 Å². The Kier molecular flexibility index (Phi) is 3.61. The van der Waals surface area contributed by atoms with Crippen LogP contribution < -0.4 is 4.31 Å². The van der Waals surface area contributed by atoms with Crippen LogP contribution in [0.4, 0.5) is 5.69 Å². The van der Waals surface area contributed by atoms with E-state index < -0.39 is 10.0 Å². The molecule has 0 amide bonds. The first-order chi connectivity index (χ1) is 11.6. The van der Waals surface area contributed by atoms with Gasteiger partial charge in [-0.25, -0.2) is 13.4 Å². The maximum atomic E-state index is 12.0. The Hall–Kier alpha value is -2.60. The second-order valence-electron chi connectivity index (χ2n) is 5.69. The topological polar surface area (TPSA) is 63.4 Å². The molecule has 0 unspecified atom stereocenters. The molecule has 5 nitrogen and oxygen atoms in total. The van der Waals surface area contributed by atoms with Crippen molar-refractivity contribution < 1.29 is 12.8 Å². The van der Waals surface area contributed by atoms with Crippen molar-refractivity contribution in [1.29, 1.82) is 0 Å². The summed E-state index contributed by atoms with van der Waals surface area (Å²) < 4.78 is 31.2. The van der Waals surface area contributed by atoms with E-state index in [1.54, 1.807) is 18.2 Å². The second-order valence-corrected chi connectivity index (χ2v) is 7.70. The van der Waals surface area contributed by atoms with E-state index in [0.717, 1.165) is 5.56 Å². The lowest BCUT2D eigenvalue weighted by Crippen LogP contribution is -2.24. The lowest BCUT2D eigenvalue weighted by atomic mass is 10.2. The fourth-order valence-electron chi connectivity index (χ4n) is 2.82. The zero-order chi connectivity index (χ0) is 16.6. The molecule has 0 bridgehead atoms. The first-order valence-corrected chi connectivity index (χ1v) is 9.37. The van der Waals surface area contributed by atoms with Crippen LogP contribution >= 0.6 is 0 Å². The van der Waals surface area contributed by atoms with Gasteiger partial charge in [-0.3, -0.25) is 4.31 Å². The number of sulfonamides is 1. The molecule has 0 N–H and O–H groups in total. The highest BCUT2D eigenvalue weighted by Crippen LogP contribution is 2.28. The van der Waals surface area contributed by atoms with Crippen molar-refractivity contribution in [3.8, 4) is 0 Å². The summed E-state index contributed by atoms with van der Waals surface area (Å²) in [4.78, 5) is 4.43. The van der Waals surface area contributed by atoms with Crippen molar-refractivity contribution in [3.05, 3.63) is 60.0 Å². The molecule has 2 heterocycles. The van der Waals surface area contributed by atoms with Crippen LogP contribution in [-0.2, 0) is 10.0 Å². The number of aromatic nitrogens is 1. The highest BCUT2D eigenvalue weighted by molar-refractivity contribution is 7.93. The van der Waals surface area contributed by atoms with E-state index in [1.165, 1.54) is 4.31 Å². The van der Waals surface area contributed by atoms with E-state index in [4.69, 9.17) is 4.42 Å². The van der Waals surface area contributed by atoms with Crippen LogP contribution in [0.2, 0.25) is 0 Å². The minimum Gasteiger partial charge on any atom is -0.437 e. The molecule has 0 saturated carbocycles. The van der Waals surface area contributed by atoms with Gasteiger partial charge in [0.2, 0.25) is 15.9 Å². The molecule has 1 aliphatic rings. The fraction of sp³-hybridized carbons (Fsp3) is 0.167. The maximum absolute atomic E-state index is 12.0. The largest absolute Gasteiger partial charge is 0.437 e. The van der Waals surface area contributed by atoms with E-state index in [9.17, 15) is 8.42 Å². The van der Waals surface area contributed by atoms with Gasteiger partial charge < -0.3 is 4.42 Å². The van der Waals surface area contributed by atoms with Crippen LogP contribution in [0.15, 0.2) is 52.9 Å². The van der Waals surface area contributed by atoms with Gasteiger partial charge in [-0.1, -0.05) is 30.3 Å². The van der Waals surface area contributed by atoms with Gasteiger partial charge in [0.05, 0.1) is 11.4 Å². The molecule has 1 fully saturated rings. The van der Waals surface area contributed by atoms with Gasteiger partial charge in [-0.15, -0.1) is 0 Å². The third kappa shape index (κ3) is 2.80. The molecule has 24 heavy (non-hydrogen) atoms. The third-order valence-corrected chi connectivity index (χ3v) is 5.86. The molecular weight excluding hydrogens is 324 g/mol. The molecule has 0 spiro atoms. The predicted octanol–water partition coefficient (Wildman–Crippen LogP) is 3.54. The highest BCUT2D eigenvalue weighted by atomic mass is 32.2. The lowest BCUT2D eigenvalue weighted by molar-refractivity contribution is 0.589. The summed E-state index contributed by atoms with van der Waals surface area (Å²) in [5, 5.41) is 0. The van der Waals surface area contributed by atoms with Crippen LogP contribution in [0.5, 0.6) is 0 Å². The summed E-state index contributed by atoms with van der Waals surface area (Å²) in [7, 11) is -3.19. The number of benzene rings is 2. The normalized spacial score (nSPS) is 17.1. The Morgan fingerprint density at radius 3 is 2.67 bits per heavy atom. The molecule has 1 aromatic heterocycles. The van der Waals surface area contributed by atoms with E-state index in [1.807, 2.05) is 42.5 Å². The summed E-state index contributed by atoms with van der Waals surface area (Å²) in [5.41, 5.74) is 3.00. The van der Waals surface area contributed by atoms with Crippen molar-refractivity contribution in [1.82, 2.24) is 4.98 Å². The first-order valence-electron chi connectivity index (χ1n) is 7.76. The Labute approximate surface area is 140 Å². The smallest absolute Gasteiger partial charge is 0.235 e. The number of hydrogen-bond acceptors (Lipinski definition) is 4. The molecule has 1 saturated heterocycles. The van der Waals surface area contributed by atoms with Crippen LogP contribution in [0, 0.1) is 0 Å². The van der Waals surface area contributed by atoms with Crippen molar-refractivity contribution in [2.75, 3.05) is 16.6 Å². The maximum Gasteiger partial charge on any atom is 0.235 e. The number of anilines is 1. The first kappa shape index (κ1) is 15.0. The predicted molar refractivity (Wildman–Crippen MR) is 95.1 cm³/mol. The van der Waals surface area contributed by atoms with Crippen molar-refractivity contribution in [2.24, 2.45) is 0 Å². The van der Waals surface area contributed by atoms with Gasteiger partial charge in [-0.2, -0.15) is 0 Å². The molecule has 2 aromatic carbocycles. The Morgan fingerprint density at radius 1 is 1.08 bits per heavy atom. The number of nitrogens with zero attached hydrogens (tertiary/aromatic N) is 2. The van der Waals surface area contributed by atoms with E-state index in [0.29, 0.717) is 35.6 Å². The van der Waals surface area contributed by atoms with Gasteiger partial charge in [-0.05, 0) is 36.3 Å². The van der Waals surface area contributed by atoms with Crippen LogP contribution in [0.25, 0.3) is 23.3 Å². The zero-order valence-electron chi connectivity index (χ0n) is 12.9. The Bertz CT molecular complexity index is 1010. The number of oxazole rings is 1. The van der Waals surface area contributed by atoms with Crippen molar-refractivity contribution in [2.45, 2.75) is 6.42 Å². The Morgan fingerprint density at radius 2 is 1.92 bits per heavy atom. The van der Waals surface area contributed by atoms with Crippen molar-refractivity contribution >= 4 is 39.0 Å². The summed E-state index contributed by atoms with van der Waals surface area (Å²) in [5.74, 6) is 0.699. The average molecular weight is 340 g/mol. The van der Waals surface area contributed by atoms with Gasteiger partial charge in [0.1, 0.15) is 5.52 Å². The molecule has 6 heteroatoms. The molecule has 4 rings (SSSR count). The Balaban J connectivity index is 1.65. The number of rotatable bonds is 3. The fourth-order valence-corrected chi connectivity index (χ4v) is 4.38. The van der Waals surface area contributed by atoms with E-state index in [2.05, 4.69) is 4.98 Å². The average Bonchev–Trinajstić information content (AvgIpc) is 3.15. The van der Waals surface area contributed by atoms with Crippen LogP contribution in [0.3, 0.4) is 0 Å². The van der Waals surface area contributed by atoms with E-state index >= 15 is 0 Å². The zero-order valence-corrected chi connectivity index (χ0v) is 13.7. The molecule has 1 aliphatic heterocycles. The summed E-state index contributed by atoms with van der Waals surface area (Å²) in [6, 6.07) is 15.2. The van der Waals surface area contributed by atoms with Crippen molar-refractivity contribution in [3.63, 3.8) is 0 Å². The third-order valence-electron chi connectivity index (χ3n) is 3.99. The molecule has 3 aromatic rings. The monoisotopic (exact) mass is 340 g/mol. The molecular formula is C18H16N2O3S. The number of hydrogen-bond donors (Lipinski definition) is 0. The minimum atomic E-state index is -3.19. The highest BCUT2D eigenvalue weighted by Gasteiger charge is 2.28. The SMILES string of the molecule is O=S1(=O)CCCN1c1ccc2oc(C=Cc3ccccc3)nc2c1. The van der Waals surface area contributed by atoms with Gasteiger partial charge in [0.25, 0.3) is 0 Å². The lowest BCUT2D eigenvalue weighted by Gasteiger charge is -2.16.